The summed E-state index contributed by atoms with van der Waals surface area (Å²) in [5.74, 6) is 8.50. The number of ether oxygens (including phenoxy) is 1. The van der Waals surface area contributed by atoms with Gasteiger partial charge in [0.2, 0.25) is 0 Å². The van der Waals surface area contributed by atoms with Crippen molar-refractivity contribution in [2.75, 3.05) is 6.61 Å². The maximum Gasteiger partial charge on any atom is 0.127 e. The van der Waals surface area contributed by atoms with Crippen LogP contribution in [0, 0.1) is 13.8 Å². The number of furan rings is 1. The predicted molar refractivity (Wildman–Crippen MR) is 73.0 cm³/mol. The largest absolute Gasteiger partial charge is 0.493 e. The molecule has 0 radical (unpaired) electrons. The number of benzene rings is 1. The van der Waals surface area contributed by atoms with Crippen molar-refractivity contribution in [3.05, 3.63) is 52.5 Å². The smallest absolute Gasteiger partial charge is 0.127 e. The molecule has 2 heterocycles. The van der Waals surface area contributed by atoms with E-state index in [1.807, 2.05) is 19.9 Å². The molecule has 4 nitrogen and oxygen atoms in total. The second-order valence-corrected chi connectivity index (χ2v) is 4.90. The second-order valence-electron chi connectivity index (χ2n) is 4.90. The maximum absolute atomic E-state index is 5.76. The summed E-state index contributed by atoms with van der Waals surface area (Å²) in [6.07, 6.45) is 0.962. The number of nitrogens with one attached hydrogen (secondary N) is 1. The van der Waals surface area contributed by atoms with Crippen LogP contribution in [0.5, 0.6) is 5.75 Å². The Morgan fingerprint density at radius 1 is 1.26 bits per heavy atom. The highest BCUT2D eigenvalue weighted by atomic mass is 16.5. The monoisotopic (exact) mass is 258 g/mol. The van der Waals surface area contributed by atoms with Crippen LogP contribution in [-0.4, -0.2) is 6.61 Å². The fourth-order valence-electron chi connectivity index (χ4n) is 2.75. The lowest BCUT2D eigenvalue weighted by Gasteiger charge is -2.18. The average Bonchev–Trinajstić information content (AvgIpc) is 2.98. The molecule has 1 aromatic heterocycles. The third-order valence-electron chi connectivity index (χ3n) is 3.61. The first-order valence-electron chi connectivity index (χ1n) is 6.48. The van der Waals surface area contributed by atoms with Gasteiger partial charge in [-0.05, 0) is 25.5 Å². The van der Waals surface area contributed by atoms with E-state index in [9.17, 15) is 0 Å². The van der Waals surface area contributed by atoms with Gasteiger partial charge in [-0.2, -0.15) is 0 Å². The maximum atomic E-state index is 5.76. The zero-order valence-electron chi connectivity index (χ0n) is 11.2. The Bertz CT molecular complexity index is 604. The van der Waals surface area contributed by atoms with Crippen molar-refractivity contribution in [3.8, 4) is 5.75 Å². The van der Waals surface area contributed by atoms with Crippen molar-refractivity contribution in [2.24, 2.45) is 5.84 Å². The molecule has 100 valence electrons. The SMILES string of the molecule is Cc1cc(C(NN)c2cccc3c2OCC3)c(C)o1. The summed E-state index contributed by atoms with van der Waals surface area (Å²) in [5.41, 5.74) is 6.25. The molecule has 0 bridgehead atoms. The van der Waals surface area contributed by atoms with Gasteiger partial charge in [0.25, 0.3) is 0 Å². The number of hydrogen-bond acceptors (Lipinski definition) is 4. The molecule has 1 aliphatic heterocycles. The van der Waals surface area contributed by atoms with Gasteiger partial charge < -0.3 is 9.15 Å². The number of nitrogens with two attached hydrogens (primary N) is 1. The summed E-state index contributed by atoms with van der Waals surface area (Å²) in [4.78, 5) is 0. The fraction of sp³-hybridized carbons (Fsp3) is 0.333. The van der Waals surface area contributed by atoms with Crippen molar-refractivity contribution in [1.29, 1.82) is 0 Å². The lowest BCUT2D eigenvalue weighted by Crippen LogP contribution is -2.29. The van der Waals surface area contributed by atoms with Crippen molar-refractivity contribution >= 4 is 0 Å². The molecule has 0 spiro atoms. The molecule has 3 rings (SSSR count). The number of hydrogen-bond donors (Lipinski definition) is 2. The number of hydrazine groups is 1. The molecule has 0 aliphatic carbocycles. The van der Waals surface area contributed by atoms with Crippen LogP contribution in [-0.2, 0) is 6.42 Å². The van der Waals surface area contributed by atoms with Gasteiger partial charge in [0.15, 0.2) is 0 Å². The van der Waals surface area contributed by atoms with Gasteiger partial charge in [0.05, 0.1) is 12.6 Å². The summed E-state index contributed by atoms with van der Waals surface area (Å²) in [5, 5.41) is 0. The van der Waals surface area contributed by atoms with Crippen LogP contribution >= 0.6 is 0 Å². The van der Waals surface area contributed by atoms with E-state index in [2.05, 4.69) is 23.6 Å². The third-order valence-corrected chi connectivity index (χ3v) is 3.61. The van der Waals surface area contributed by atoms with Gasteiger partial charge in [0.1, 0.15) is 17.3 Å². The van der Waals surface area contributed by atoms with Crippen molar-refractivity contribution in [3.63, 3.8) is 0 Å². The second kappa shape index (κ2) is 4.72. The Kier molecular flexibility index (Phi) is 3.05. The van der Waals surface area contributed by atoms with Crippen molar-refractivity contribution in [1.82, 2.24) is 5.43 Å². The Morgan fingerprint density at radius 3 is 2.79 bits per heavy atom. The van der Waals surface area contributed by atoms with E-state index in [1.54, 1.807) is 0 Å². The van der Waals surface area contributed by atoms with Gasteiger partial charge in [-0.25, -0.2) is 5.43 Å². The fourth-order valence-corrected chi connectivity index (χ4v) is 2.75. The topological polar surface area (TPSA) is 60.4 Å². The number of rotatable bonds is 3. The normalized spacial score (nSPS) is 15.1. The van der Waals surface area contributed by atoms with E-state index in [4.69, 9.17) is 15.0 Å². The number of aryl methyl sites for hydroxylation is 2. The quantitative estimate of drug-likeness (QED) is 0.655. The minimum Gasteiger partial charge on any atom is -0.493 e. The van der Waals surface area contributed by atoms with Crippen molar-refractivity contribution < 1.29 is 9.15 Å². The Hall–Kier alpha value is -1.78. The molecule has 1 unspecified atom stereocenters. The van der Waals surface area contributed by atoms with Gasteiger partial charge in [-0.15, -0.1) is 0 Å². The zero-order chi connectivity index (χ0) is 13.4. The van der Waals surface area contributed by atoms with Gasteiger partial charge in [-0.3, -0.25) is 5.84 Å². The van der Waals surface area contributed by atoms with Crippen LogP contribution < -0.4 is 16.0 Å². The molecule has 2 aromatic rings. The minimum absolute atomic E-state index is 0.106. The summed E-state index contributed by atoms with van der Waals surface area (Å²) >= 11 is 0. The molecular weight excluding hydrogens is 240 g/mol. The molecule has 19 heavy (non-hydrogen) atoms. The number of para-hydroxylation sites is 1. The standard InChI is InChI=1S/C15H18N2O2/c1-9-8-13(10(2)19-9)14(17-16)12-5-3-4-11-6-7-18-15(11)12/h3-5,8,14,17H,6-7,16H2,1-2H3. The molecule has 0 fully saturated rings. The first-order valence-corrected chi connectivity index (χ1v) is 6.48. The first-order chi connectivity index (χ1) is 9.20. The van der Waals surface area contributed by atoms with Gasteiger partial charge in [-0.1, -0.05) is 18.2 Å². The summed E-state index contributed by atoms with van der Waals surface area (Å²) < 4.78 is 11.4. The lowest BCUT2D eigenvalue weighted by atomic mass is 9.96. The first kappa shape index (κ1) is 12.3. The molecule has 1 aliphatic rings. The van der Waals surface area contributed by atoms with E-state index in [0.717, 1.165) is 41.4 Å². The Balaban J connectivity index is 2.09. The molecular formula is C15H18N2O2. The molecule has 1 aromatic carbocycles. The Morgan fingerprint density at radius 2 is 2.11 bits per heavy atom. The minimum atomic E-state index is -0.106. The van der Waals surface area contributed by atoms with Gasteiger partial charge in [0, 0.05) is 17.5 Å². The highest BCUT2D eigenvalue weighted by molar-refractivity contribution is 5.49. The molecule has 0 amide bonds. The van der Waals surface area contributed by atoms with Gasteiger partial charge >= 0.3 is 0 Å². The average molecular weight is 258 g/mol. The third kappa shape index (κ3) is 2.03. The summed E-state index contributed by atoms with van der Waals surface area (Å²) in [6.45, 7) is 4.64. The van der Waals surface area contributed by atoms with E-state index >= 15 is 0 Å². The lowest BCUT2D eigenvalue weighted by molar-refractivity contribution is 0.350. The summed E-state index contributed by atoms with van der Waals surface area (Å²) in [7, 11) is 0. The highest BCUT2D eigenvalue weighted by Gasteiger charge is 2.25. The molecule has 1 atom stereocenters. The molecule has 3 N–H and O–H groups in total. The van der Waals surface area contributed by atoms with E-state index in [1.165, 1.54) is 5.56 Å². The van der Waals surface area contributed by atoms with E-state index in [0.29, 0.717) is 0 Å². The molecule has 0 saturated heterocycles. The van der Waals surface area contributed by atoms with Crippen LogP contribution in [0.4, 0.5) is 0 Å². The highest BCUT2D eigenvalue weighted by Crippen LogP contribution is 2.37. The van der Waals surface area contributed by atoms with Crippen LogP contribution in [0.1, 0.15) is 34.3 Å². The zero-order valence-corrected chi connectivity index (χ0v) is 11.2. The van der Waals surface area contributed by atoms with Crippen LogP contribution in [0.2, 0.25) is 0 Å². The van der Waals surface area contributed by atoms with Crippen LogP contribution in [0.15, 0.2) is 28.7 Å². The van der Waals surface area contributed by atoms with Crippen LogP contribution in [0.3, 0.4) is 0 Å². The Labute approximate surface area is 112 Å². The van der Waals surface area contributed by atoms with Crippen LogP contribution in [0.25, 0.3) is 0 Å². The summed E-state index contributed by atoms with van der Waals surface area (Å²) in [6, 6.07) is 8.12. The predicted octanol–water partition coefficient (Wildman–Crippen LogP) is 2.38. The van der Waals surface area contributed by atoms with E-state index in [-0.39, 0.29) is 6.04 Å². The van der Waals surface area contributed by atoms with Crippen molar-refractivity contribution in [2.45, 2.75) is 26.3 Å². The molecule has 4 heteroatoms. The van der Waals surface area contributed by atoms with E-state index < -0.39 is 0 Å². The number of fused-ring (bicyclic) bond motifs is 1. The molecule has 0 saturated carbocycles.